The van der Waals surface area contributed by atoms with Crippen molar-refractivity contribution in [2.75, 3.05) is 9.80 Å². The Morgan fingerprint density at radius 3 is 1.74 bits per heavy atom. The Kier molecular flexibility index (Phi) is 6.68. The molecule has 0 saturated carbocycles. The lowest BCUT2D eigenvalue weighted by atomic mass is 9.33. The van der Waals surface area contributed by atoms with Crippen LogP contribution in [0.5, 0.6) is 0 Å². The second-order valence-corrected chi connectivity index (χ2v) is 17.6. The zero-order chi connectivity index (χ0) is 40.8. The molecular formula is C57H37BN2O2. The minimum Gasteiger partial charge on any atom is -0.455 e. The molecule has 5 heteroatoms. The maximum Gasteiger partial charge on any atom is 0.252 e. The molecule has 0 atom stereocenters. The van der Waals surface area contributed by atoms with Gasteiger partial charge >= 0.3 is 0 Å². The lowest BCUT2D eigenvalue weighted by Gasteiger charge is -2.44. The molecule has 3 aliphatic rings. The quantitative estimate of drug-likeness (QED) is 0.167. The summed E-state index contributed by atoms with van der Waals surface area (Å²) >= 11 is 0. The normalized spacial score (nSPS) is 14.3. The first-order valence-electron chi connectivity index (χ1n) is 21.5. The summed E-state index contributed by atoms with van der Waals surface area (Å²) < 4.78 is 13.5. The van der Waals surface area contributed by atoms with Crippen molar-refractivity contribution >= 4 is 101 Å². The number of furan rings is 2. The van der Waals surface area contributed by atoms with Crippen molar-refractivity contribution in [3.05, 3.63) is 199 Å². The molecule has 290 valence electrons. The standard InChI is InChI=1S/C57H37BN2O2/c1-57(2)43-20-6-3-15-37(43)41-33-42-39-17-5-12-28-51(39)62-56(42)54(52(41)57)60-47-24-10-8-22-45(47)58-44-21-7-9-23-46(44)59(48-25-14-26-49(60)53(48)58)35-31-29-34(30-32-35)36-18-13-19-40-38-16-4-11-27-50(38)61-55(36)40/h3-33H,1-2H3. The third kappa shape index (κ3) is 4.37. The van der Waals surface area contributed by atoms with Crippen molar-refractivity contribution in [3.8, 4) is 22.3 Å². The Morgan fingerprint density at radius 1 is 0.435 bits per heavy atom. The minimum atomic E-state index is -0.290. The van der Waals surface area contributed by atoms with E-state index >= 15 is 0 Å². The van der Waals surface area contributed by atoms with Gasteiger partial charge in [0.05, 0.1) is 5.69 Å². The van der Waals surface area contributed by atoms with Crippen LogP contribution in [0.15, 0.2) is 197 Å². The monoisotopic (exact) mass is 792 g/mol. The first-order valence-corrected chi connectivity index (χ1v) is 21.5. The van der Waals surface area contributed by atoms with Crippen LogP contribution in [-0.4, -0.2) is 6.71 Å². The van der Waals surface area contributed by atoms with Crippen LogP contribution >= 0.6 is 0 Å². The maximum atomic E-state index is 7.06. The smallest absolute Gasteiger partial charge is 0.252 e. The number of hydrogen-bond acceptors (Lipinski definition) is 4. The topological polar surface area (TPSA) is 32.8 Å². The molecule has 9 aromatic carbocycles. The first-order chi connectivity index (χ1) is 30.5. The van der Waals surface area contributed by atoms with Gasteiger partial charge in [0.15, 0.2) is 5.58 Å². The van der Waals surface area contributed by atoms with Gasteiger partial charge in [0.1, 0.15) is 16.7 Å². The summed E-state index contributed by atoms with van der Waals surface area (Å²) in [5.74, 6) is 0. The highest BCUT2D eigenvalue weighted by molar-refractivity contribution is 7.00. The molecular weight excluding hydrogens is 755 g/mol. The molecule has 0 radical (unpaired) electrons. The van der Waals surface area contributed by atoms with Crippen LogP contribution in [0.4, 0.5) is 34.1 Å². The summed E-state index contributed by atoms with van der Waals surface area (Å²) in [7, 11) is 0. The van der Waals surface area contributed by atoms with E-state index in [1.807, 2.05) is 12.1 Å². The molecule has 11 aromatic rings. The summed E-state index contributed by atoms with van der Waals surface area (Å²) in [5, 5.41) is 4.54. The number of fused-ring (bicyclic) bond motifs is 13. The second-order valence-electron chi connectivity index (χ2n) is 17.6. The number of anilines is 6. The SMILES string of the molecule is CC1(C)c2ccccc2-c2cc3c(oc4ccccc43)c(N3c4ccccc4B4c5ccccc5N(c5ccc(-c6cccc7c6oc6ccccc67)cc5)c5cccc3c54)c21. The molecule has 4 nitrogen and oxygen atoms in total. The Bertz CT molecular complexity index is 3710. The highest BCUT2D eigenvalue weighted by Gasteiger charge is 2.46. The highest BCUT2D eigenvalue weighted by atomic mass is 16.3. The summed E-state index contributed by atoms with van der Waals surface area (Å²) in [6, 6.07) is 68.5. The van der Waals surface area contributed by atoms with E-state index in [-0.39, 0.29) is 12.1 Å². The highest BCUT2D eigenvalue weighted by Crippen LogP contribution is 2.58. The molecule has 14 rings (SSSR count). The molecule has 0 unspecified atom stereocenters. The molecule has 1 aliphatic carbocycles. The largest absolute Gasteiger partial charge is 0.455 e. The molecule has 2 aromatic heterocycles. The van der Waals surface area contributed by atoms with E-state index in [1.165, 1.54) is 61.4 Å². The van der Waals surface area contributed by atoms with Crippen LogP contribution in [0.1, 0.15) is 25.0 Å². The zero-order valence-corrected chi connectivity index (χ0v) is 34.2. The number of rotatable bonds is 3. The van der Waals surface area contributed by atoms with Crippen LogP contribution in [0.3, 0.4) is 0 Å². The van der Waals surface area contributed by atoms with Crippen molar-refractivity contribution < 1.29 is 8.83 Å². The van der Waals surface area contributed by atoms with Gasteiger partial charge in [0, 0.05) is 61.0 Å². The summed E-state index contributed by atoms with van der Waals surface area (Å²) in [6.07, 6.45) is 0. The fraction of sp³-hybridized carbons (Fsp3) is 0.0526. The third-order valence-electron chi connectivity index (χ3n) is 14.0. The second kappa shape index (κ2) is 12.2. The van der Waals surface area contributed by atoms with Gasteiger partial charge in [-0.15, -0.1) is 0 Å². The van der Waals surface area contributed by atoms with Gasteiger partial charge in [0.2, 0.25) is 0 Å². The van der Waals surface area contributed by atoms with E-state index in [9.17, 15) is 0 Å². The molecule has 0 amide bonds. The van der Waals surface area contributed by atoms with E-state index in [4.69, 9.17) is 8.83 Å². The zero-order valence-electron chi connectivity index (χ0n) is 34.2. The molecule has 2 aliphatic heterocycles. The number of hydrogen-bond donors (Lipinski definition) is 0. The van der Waals surface area contributed by atoms with Crippen LogP contribution in [0, 0.1) is 0 Å². The van der Waals surface area contributed by atoms with E-state index in [0.29, 0.717) is 0 Å². The number of nitrogens with zero attached hydrogens (tertiary/aromatic N) is 2. The van der Waals surface area contributed by atoms with E-state index < -0.39 is 0 Å². The Hall–Kier alpha value is -7.76. The molecule has 0 fully saturated rings. The fourth-order valence-electron chi connectivity index (χ4n) is 11.4. The summed E-state index contributed by atoms with van der Waals surface area (Å²) in [6.45, 7) is 4.79. The third-order valence-corrected chi connectivity index (χ3v) is 14.0. The van der Waals surface area contributed by atoms with Crippen molar-refractivity contribution in [2.45, 2.75) is 19.3 Å². The van der Waals surface area contributed by atoms with E-state index in [1.54, 1.807) is 0 Å². The fourth-order valence-corrected chi connectivity index (χ4v) is 11.4. The van der Waals surface area contributed by atoms with Crippen LogP contribution in [0.25, 0.3) is 66.1 Å². The lowest BCUT2D eigenvalue weighted by Crippen LogP contribution is -2.61. The van der Waals surface area contributed by atoms with Crippen molar-refractivity contribution in [3.63, 3.8) is 0 Å². The van der Waals surface area contributed by atoms with Gasteiger partial charge in [0.25, 0.3) is 6.71 Å². The Balaban J connectivity index is 1.01. The van der Waals surface area contributed by atoms with Crippen LogP contribution in [0.2, 0.25) is 0 Å². The lowest BCUT2D eigenvalue weighted by molar-refractivity contribution is 0.648. The minimum absolute atomic E-state index is 0.0270. The van der Waals surface area contributed by atoms with E-state index in [2.05, 4.69) is 200 Å². The van der Waals surface area contributed by atoms with Crippen molar-refractivity contribution in [1.29, 1.82) is 0 Å². The summed E-state index contributed by atoms with van der Waals surface area (Å²) in [5.41, 5.74) is 21.5. The first kappa shape index (κ1) is 34.0. The van der Waals surface area contributed by atoms with Crippen molar-refractivity contribution in [2.24, 2.45) is 0 Å². The van der Waals surface area contributed by atoms with Gasteiger partial charge in [-0.05, 0) is 98.8 Å². The Labute approximate surface area is 359 Å². The molecule has 62 heavy (non-hydrogen) atoms. The van der Waals surface area contributed by atoms with Gasteiger partial charge in [-0.2, -0.15) is 0 Å². The Morgan fingerprint density at radius 2 is 0.984 bits per heavy atom. The maximum absolute atomic E-state index is 7.06. The van der Waals surface area contributed by atoms with Crippen molar-refractivity contribution in [1.82, 2.24) is 0 Å². The van der Waals surface area contributed by atoms with E-state index in [0.717, 1.165) is 66.4 Å². The van der Waals surface area contributed by atoms with Crippen LogP contribution in [-0.2, 0) is 5.41 Å². The molecule has 4 heterocycles. The van der Waals surface area contributed by atoms with Crippen LogP contribution < -0.4 is 26.2 Å². The molecule has 0 N–H and O–H groups in total. The predicted molar refractivity (Wildman–Crippen MR) is 258 cm³/mol. The molecule has 0 spiro atoms. The summed E-state index contributed by atoms with van der Waals surface area (Å²) in [4.78, 5) is 5.01. The van der Waals surface area contributed by atoms with Gasteiger partial charge in [-0.1, -0.05) is 147 Å². The van der Waals surface area contributed by atoms with Gasteiger partial charge in [-0.3, -0.25) is 0 Å². The number of benzene rings is 9. The average molecular weight is 793 g/mol. The predicted octanol–water partition coefficient (Wildman–Crippen LogP) is 13.5. The molecule has 0 saturated heterocycles. The number of para-hydroxylation sites is 5. The van der Waals surface area contributed by atoms with Gasteiger partial charge < -0.3 is 18.6 Å². The van der Waals surface area contributed by atoms with Gasteiger partial charge in [-0.25, -0.2) is 0 Å². The molecule has 0 bridgehead atoms. The average Bonchev–Trinajstić information content (AvgIpc) is 3.96.